The maximum Gasteiger partial charge on any atom is 0.353 e. The number of aromatic nitrogens is 2. The lowest BCUT2D eigenvalue weighted by molar-refractivity contribution is 0.0690. The van der Waals surface area contributed by atoms with Crippen molar-refractivity contribution in [3.8, 4) is 11.3 Å². The zero-order valence-electron chi connectivity index (χ0n) is 10.6. The molecule has 1 aromatic carbocycles. The smallest absolute Gasteiger partial charge is 0.353 e. The molecule has 0 aliphatic rings. The number of nitrogens with zero attached hydrogens (tertiary/aromatic N) is 2. The molecule has 0 spiro atoms. The third-order valence-electron chi connectivity index (χ3n) is 2.72. The molecule has 94 valence electrons. The second-order valence-corrected chi connectivity index (χ2v) is 4.39. The standard InChI is InChI=1S/C13H15N3O2/c1-8-4-5-12(16(2)3)9(6-8)10-7-11(13(17)18)15-14-10/h4-7H,1-3H3,(H,14,15)(H,17,18). The van der Waals surface area contributed by atoms with Crippen molar-refractivity contribution in [3.63, 3.8) is 0 Å². The number of H-pyrrole nitrogens is 1. The van der Waals surface area contributed by atoms with Crippen LogP contribution in [0.2, 0.25) is 0 Å². The first kappa shape index (κ1) is 12.2. The number of hydrogen-bond donors (Lipinski definition) is 2. The number of aryl methyl sites for hydroxylation is 1. The number of aromatic amines is 1. The Morgan fingerprint density at radius 2 is 2.06 bits per heavy atom. The van der Waals surface area contributed by atoms with Gasteiger partial charge in [0.2, 0.25) is 0 Å². The highest BCUT2D eigenvalue weighted by Crippen LogP contribution is 2.29. The Kier molecular flexibility index (Phi) is 3.06. The summed E-state index contributed by atoms with van der Waals surface area (Å²) in [5, 5.41) is 15.5. The zero-order chi connectivity index (χ0) is 13.3. The number of nitrogens with one attached hydrogen (secondary N) is 1. The number of benzene rings is 1. The maximum atomic E-state index is 10.8. The van der Waals surface area contributed by atoms with Gasteiger partial charge in [0.15, 0.2) is 0 Å². The maximum absolute atomic E-state index is 10.8. The van der Waals surface area contributed by atoms with E-state index in [-0.39, 0.29) is 5.69 Å². The molecule has 0 saturated carbocycles. The molecule has 0 aliphatic carbocycles. The highest BCUT2D eigenvalue weighted by Gasteiger charge is 2.13. The molecule has 5 nitrogen and oxygen atoms in total. The number of rotatable bonds is 3. The molecule has 0 aliphatic heterocycles. The van der Waals surface area contributed by atoms with Gasteiger partial charge in [-0.3, -0.25) is 5.10 Å². The first-order valence-corrected chi connectivity index (χ1v) is 5.56. The van der Waals surface area contributed by atoms with Crippen LogP contribution >= 0.6 is 0 Å². The van der Waals surface area contributed by atoms with E-state index < -0.39 is 5.97 Å². The van der Waals surface area contributed by atoms with E-state index in [1.807, 2.05) is 44.1 Å². The van der Waals surface area contributed by atoms with Crippen molar-refractivity contribution in [2.45, 2.75) is 6.92 Å². The Morgan fingerprint density at radius 3 is 2.61 bits per heavy atom. The van der Waals surface area contributed by atoms with Gasteiger partial charge in [0.1, 0.15) is 5.69 Å². The van der Waals surface area contributed by atoms with Gasteiger partial charge in [-0.05, 0) is 25.1 Å². The van der Waals surface area contributed by atoms with Crippen LogP contribution in [0.5, 0.6) is 0 Å². The predicted octanol–water partition coefficient (Wildman–Crippen LogP) is 2.15. The predicted molar refractivity (Wildman–Crippen MR) is 70.0 cm³/mol. The second-order valence-electron chi connectivity index (χ2n) is 4.39. The van der Waals surface area contributed by atoms with Crippen molar-refractivity contribution in [1.29, 1.82) is 0 Å². The van der Waals surface area contributed by atoms with Gasteiger partial charge in [-0.25, -0.2) is 4.79 Å². The van der Waals surface area contributed by atoms with Crippen LogP contribution in [0.1, 0.15) is 16.1 Å². The van der Waals surface area contributed by atoms with Gasteiger partial charge in [-0.1, -0.05) is 11.6 Å². The van der Waals surface area contributed by atoms with E-state index in [2.05, 4.69) is 10.2 Å². The van der Waals surface area contributed by atoms with Gasteiger partial charge in [-0.15, -0.1) is 0 Å². The van der Waals surface area contributed by atoms with Gasteiger partial charge in [0.25, 0.3) is 0 Å². The first-order chi connectivity index (χ1) is 8.49. The van der Waals surface area contributed by atoms with E-state index in [0.717, 1.165) is 16.8 Å². The Balaban J connectivity index is 2.54. The van der Waals surface area contributed by atoms with E-state index in [9.17, 15) is 4.79 Å². The molecule has 0 bridgehead atoms. The summed E-state index contributed by atoms with van der Waals surface area (Å²) in [4.78, 5) is 12.8. The van der Waals surface area contributed by atoms with E-state index in [4.69, 9.17) is 5.11 Å². The summed E-state index contributed by atoms with van der Waals surface area (Å²) in [7, 11) is 3.89. The van der Waals surface area contributed by atoms with Crippen LogP contribution in [-0.4, -0.2) is 35.4 Å². The molecule has 18 heavy (non-hydrogen) atoms. The first-order valence-electron chi connectivity index (χ1n) is 5.56. The molecule has 0 amide bonds. The average molecular weight is 245 g/mol. The fourth-order valence-corrected chi connectivity index (χ4v) is 1.81. The highest BCUT2D eigenvalue weighted by atomic mass is 16.4. The fourth-order valence-electron chi connectivity index (χ4n) is 1.81. The number of anilines is 1. The molecular weight excluding hydrogens is 230 g/mol. The van der Waals surface area contributed by atoms with Crippen LogP contribution in [0.15, 0.2) is 24.3 Å². The van der Waals surface area contributed by atoms with Gasteiger partial charge in [0.05, 0.1) is 5.69 Å². The lowest BCUT2D eigenvalue weighted by Gasteiger charge is -2.16. The average Bonchev–Trinajstić information content (AvgIpc) is 2.77. The minimum Gasteiger partial charge on any atom is -0.477 e. The fraction of sp³-hybridized carbons (Fsp3) is 0.231. The van der Waals surface area contributed by atoms with E-state index in [1.165, 1.54) is 0 Å². The summed E-state index contributed by atoms with van der Waals surface area (Å²) in [6.07, 6.45) is 0. The van der Waals surface area contributed by atoms with Crippen molar-refractivity contribution in [3.05, 3.63) is 35.5 Å². The quantitative estimate of drug-likeness (QED) is 0.869. The molecule has 2 rings (SSSR count). The molecule has 0 radical (unpaired) electrons. The van der Waals surface area contributed by atoms with Crippen LogP contribution in [-0.2, 0) is 0 Å². The van der Waals surface area contributed by atoms with E-state index in [1.54, 1.807) is 6.07 Å². The Morgan fingerprint density at radius 1 is 1.33 bits per heavy atom. The number of carboxylic acid groups (broad SMARTS) is 1. The molecular formula is C13H15N3O2. The van der Waals surface area contributed by atoms with Crippen molar-refractivity contribution in [2.75, 3.05) is 19.0 Å². The molecule has 2 N–H and O–H groups in total. The van der Waals surface area contributed by atoms with Crippen molar-refractivity contribution < 1.29 is 9.90 Å². The number of aromatic carboxylic acids is 1. The SMILES string of the molecule is Cc1ccc(N(C)C)c(-c2cc(C(=O)O)[nH]n2)c1. The number of carboxylic acids is 1. The summed E-state index contributed by atoms with van der Waals surface area (Å²) < 4.78 is 0. The largest absolute Gasteiger partial charge is 0.477 e. The zero-order valence-corrected chi connectivity index (χ0v) is 10.6. The van der Waals surface area contributed by atoms with Crippen LogP contribution in [0.25, 0.3) is 11.3 Å². The second kappa shape index (κ2) is 4.52. The van der Waals surface area contributed by atoms with Gasteiger partial charge in [-0.2, -0.15) is 5.10 Å². The molecule has 1 heterocycles. The lowest BCUT2D eigenvalue weighted by Crippen LogP contribution is -2.10. The molecule has 5 heteroatoms. The van der Waals surface area contributed by atoms with Crippen molar-refractivity contribution >= 4 is 11.7 Å². The summed E-state index contributed by atoms with van der Waals surface area (Å²) in [5.41, 5.74) is 3.76. The topological polar surface area (TPSA) is 69.2 Å². The summed E-state index contributed by atoms with van der Waals surface area (Å²) in [6.45, 7) is 1.99. The third-order valence-corrected chi connectivity index (χ3v) is 2.72. The van der Waals surface area contributed by atoms with Crippen LogP contribution in [0.3, 0.4) is 0 Å². The van der Waals surface area contributed by atoms with Crippen molar-refractivity contribution in [2.24, 2.45) is 0 Å². The summed E-state index contributed by atoms with van der Waals surface area (Å²) in [5.74, 6) is -1.01. The van der Waals surface area contributed by atoms with Gasteiger partial charge < -0.3 is 10.0 Å². The molecule has 2 aromatic rings. The Labute approximate surface area is 105 Å². The van der Waals surface area contributed by atoms with Gasteiger partial charge in [0, 0.05) is 25.3 Å². The Bertz CT molecular complexity index is 588. The summed E-state index contributed by atoms with van der Waals surface area (Å²) >= 11 is 0. The van der Waals surface area contributed by atoms with E-state index >= 15 is 0 Å². The summed E-state index contributed by atoms with van der Waals surface area (Å²) in [6, 6.07) is 7.56. The van der Waals surface area contributed by atoms with Crippen LogP contribution in [0.4, 0.5) is 5.69 Å². The van der Waals surface area contributed by atoms with Crippen molar-refractivity contribution in [1.82, 2.24) is 10.2 Å². The number of carbonyl (C=O) groups is 1. The Hall–Kier alpha value is -2.30. The normalized spacial score (nSPS) is 10.4. The van der Waals surface area contributed by atoms with E-state index in [0.29, 0.717) is 5.69 Å². The molecule has 0 unspecified atom stereocenters. The molecule has 1 aromatic heterocycles. The highest BCUT2D eigenvalue weighted by molar-refractivity contribution is 5.88. The van der Waals surface area contributed by atoms with Crippen LogP contribution in [0, 0.1) is 6.92 Å². The van der Waals surface area contributed by atoms with Gasteiger partial charge >= 0.3 is 5.97 Å². The minimum absolute atomic E-state index is 0.0937. The number of hydrogen-bond acceptors (Lipinski definition) is 3. The third kappa shape index (κ3) is 2.20. The molecule has 0 fully saturated rings. The monoisotopic (exact) mass is 245 g/mol. The lowest BCUT2D eigenvalue weighted by atomic mass is 10.1. The molecule has 0 saturated heterocycles. The van der Waals surface area contributed by atoms with Crippen LogP contribution < -0.4 is 4.90 Å². The molecule has 0 atom stereocenters. The minimum atomic E-state index is -1.01.